The molecule has 2 nitrogen and oxygen atoms in total. The maximum Gasteiger partial charge on any atom is 0.161 e. The van der Waals surface area contributed by atoms with Gasteiger partial charge in [0.2, 0.25) is 0 Å². The van der Waals surface area contributed by atoms with Crippen LogP contribution in [0.3, 0.4) is 0 Å². The summed E-state index contributed by atoms with van der Waals surface area (Å²) < 4.78 is 0. The second-order valence-corrected chi connectivity index (χ2v) is 6.38. The van der Waals surface area contributed by atoms with E-state index in [1.165, 1.54) is 22.4 Å². The Morgan fingerprint density at radius 2 is 1.76 bits per heavy atom. The number of anilines is 1. The van der Waals surface area contributed by atoms with E-state index in [1.54, 1.807) is 11.8 Å². The Hall–Kier alpha value is -0.960. The highest BCUT2D eigenvalue weighted by Crippen LogP contribution is 2.30. The molecule has 0 amide bonds. The van der Waals surface area contributed by atoms with Crippen molar-refractivity contribution in [3.8, 4) is 0 Å². The molecule has 0 unspecified atom stereocenters. The molecule has 0 saturated carbocycles. The molecule has 0 atom stereocenters. The third-order valence-electron chi connectivity index (χ3n) is 2.88. The van der Waals surface area contributed by atoms with E-state index in [0.717, 1.165) is 10.9 Å². The van der Waals surface area contributed by atoms with Crippen molar-refractivity contribution >= 4 is 22.6 Å². The number of rotatable bonds is 1. The van der Waals surface area contributed by atoms with Crippen molar-refractivity contribution in [2.75, 3.05) is 11.1 Å². The molecule has 92 valence electrons. The van der Waals surface area contributed by atoms with E-state index in [9.17, 15) is 0 Å². The average Bonchev–Trinajstić information content (AvgIpc) is 2.52. The number of amidine groups is 1. The standard InChI is InChI=1S/C14H20N2S/c1-9-6-10(2)12(11(3)7-9)15-13-16-14(4,5)8-17-13/h6-7H,8H2,1-5H3,(H,15,16). The van der Waals surface area contributed by atoms with Crippen molar-refractivity contribution in [1.29, 1.82) is 0 Å². The Bertz CT molecular complexity index is 452. The van der Waals surface area contributed by atoms with Crippen LogP contribution in [-0.4, -0.2) is 16.5 Å². The number of thioether (sulfide) groups is 1. The molecule has 0 aromatic heterocycles. The highest BCUT2D eigenvalue weighted by atomic mass is 32.2. The molecule has 1 aromatic rings. The molecule has 1 aliphatic heterocycles. The van der Waals surface area contributed by atoms with Gasteiger partial charge in [-0.3, -0.25) is 4.99 Å². The molecule has 0 bridgehead atoms. The highest BCUT2D eigenvalue weighted by Gasteiger charge is 2.25. The fraction of sp³-hybridized carbons (Fsp3) is 0.500. The zero-order valence-corrected chi connectivity index (χ0v) is 12.0. The van der Waals surface area contributed by atoms with Crippen LogP contribution in [-0.2, 0) is 0 Å². The molecule has 0 radical (unpaired) electrons. The number of aliphatic imine (C=N–C) groups is 1. The molecule has 17 heavy (non-hydrogen) atoms. The molecule has 1 aromatic carbocycles. The fourth-order valence-corrected chi connectivity index (χ4v) is 3.17. The van der Waals surface area contributed by atoms with Crippen LogP contribution in [0.4, 0.5) is 5.69 Å². The first-order valence-corrected chi connectivity index (χ1v) is 6.93. The van der Waals surface area contributed by atoms with Crippen LogP contribution in [0.2, 0.25) is 0 Å². The first-order chi connectivity index (χ1) is 7.87. The van der Waals surface area contributed by atoms with Crippen molar-refractivity contribution in [2.24, 2.45) is 4.99 Å². The monoisotopic (exact) mass is 248 g/mol. The van der Waals surface area contributed by atoms with E-state index in [2.05, 4.69) is 57.1 Å². The molecular weight excluding hydrogens is 228 g/mol. The normalized spacial score (nSPS) is 18.1. The minimum absolute atomic E-state index is 0.0690. The third-order valence-corrected chi connectivity index (χ3v) is 4.19. The molecule has 1 N–H and O–H groups in total. The lowest BCUT2D eigenvalue weighted by Gasteiger charge is -2.13. The Labute approximate surface area is 108 Å². The van der Waals surface area contributed by atoms with Crippen molar-refractivity contribution < 1.29 is 0 Å². The molecular formula is C14H20N2S. The van der Waals surface area contributed by atoms with E-state index in [4.69, 9.17) is 0 Å². The number of hydrogen-bond acceptors (Lipinski definition) is 3. The number of nitrogens with zero attached hydrogens (tertiary/aromatic N) is 1. The largest absolute Gasteiger partial charge is 0.335 e. The highest BCUT2D eigenvalue weighted by molar-refractivity contribution is 8.14. The lowest BCUT2D eigenvalue weighted by atomic mass is 10.1. The van der Waals surface area contributed by atoms with Gasteiger partial charge in [-0.05, 0) is 45.7 Å². The molecule has 2 rings (SSSR count). The van der Waals surface area contributed by atoms with Crippen molar-refractivity contribution in [3.05, 3.63) is 28.8 Å². The first-order valence-electron chi connectivity index (χ1n) is 5.95. The predicted octanol–water partition coefficient (Wildman–Crippen LogP) is 3.91. The maximum absolute atomic E-state index is 4.69. The quantitative estimate of drug-likeness (QED) is 0.815. The number of nitrogens with one attached hydrogen (secondary N) is 1. The van der Waals surface area contributed by atoms with Crippen LogP contribution in [0.25, 0.3) is 0 Å². The first kappa shape index (κ1) is 12.5. The van der Waals surface area contributed by atoms with Crippen LogP contribution >= 0.6 is 11.8 Å². The zero-order chi connectivity index (χ0) is 12.6. The van der Waals surface area contributed by atoms with E-state index in [1.807, 2.05) is 0 Å². The van der Waals surface area contributed by atoms with Gasteiger partial charge in [0, 0.05) is 11.4 Å². The Kier molecular flexibility index (Phi) is 3.21. The van der Waals surface area contributed by atoms with Crippen LogP contribution < -0.4 is 5.32 Å². The van der Waals surface area contributed by atoms with Gasteiger partial charge in [-0.2, -0.15) is 0 Å². The number of hydrogen-bond donors (Lipinski definition) is 1. The van der Waals surface area contributed by atoms with E-state index >= 15 is 0 Å². The van der Waals surface area contributed by atoms with E-state index in [0.29, 0.717) is 0 Å². The van der Waals surface area contributed by atoms with Gasteiger partial charge in [-0.15, -0.1) is 0 Å². The zero-order valence-electron chi connectivity index (χ0n) is 11.2. The second-order valence-electron chi connectivity index (χ2n) is 5.42. The molecule has 0 aliphatic carbocycles. The average molecular weight is 248 g/mol. The molecule has 1 aliphatic rings. The van der Waals surface area contributed by atoms with Crippen LogP contribution in [0.1, 0.15) is 30.5 Å². The van der Waals surface area contributed by atoms with Crippen LogP contribution in [0, 0.1) is 20.8 Å². The Morgan fingerprint density at radius 3 is 2.24 bits per heavy atom. The molecule has 3 heteroatoms. The molecule has 0 fully saturated rings. The lowest BCUT2D eigenvalue weighted by Crippen LogP contribution is -2.15. The molecule has 0 saturated heterocycles. The summed E-state index contributed by atoms with van der Waals surface area (Å²) in [5.74, 6) is 1.05. The van der Waals surface area contributed by atoms with Crippen LogP contribution in [0.5, 0.6) is 0 Å². The number of aryl methyl sites for hydroxylation is 3. The van der Waals surface area contributed by atoms with Crippen LogP contribution in [0.15, 0.2) is 17.1 Å². The minimum Gasteiger partial charge on any atom is -0.335 e. The van der Waals surface area contributed by atoms with Gasteiger partial charge in [0.15, 0.2) is 5.17 Å². The van der Waals surface area contributed by atoms with Gasteiger partial charge < -0.3 is 5.32 Å². The maximum atomic E-state index is 4.69. The van der Waals surface area contributed by atoms with Crippen molar-refractivity contribution in [3.63, 3.8) is 0 Å². The third kappa shape index (κ3) is 2.83. The van der Waals surface area contributed by atoms with Crippen molar-refractivity contribution in [2.45, 2.75) is 40.2 Å². The van der Waals surface area contributed by atoms with E-state index < -0.39 is 0 Å². The summed E-state index contributed by atoms with van der Waals surface area (Å²) in [6, 6.07) is 4.42. The van der Waals surface area contributed by atoms with Gasteiger partial charge in [0.05, 0.1) is 5.54 Å². The Morgan fingerprint density at radius 1 is 1.18 bits per heavy atom. The summed E-state index contributed by atoms with van der Waals surface area (Å²) in [5, 5.41) is 4.52. The summed E-state index contributed by atoms with van der Waals surface area (Å²) in [6.07, 6.45) is 0. The topological polar surface area (TPSA) is 24.4 Å². The summed E-state index contributed by atoms with van der Waals surface area (Å²) in [4.78, 5) is 4.69. The predicted molar refractivity (Wildman–Crippen MR) is 78.2 cm³/mol. The van der Waals surface area contributed by atoms with Gasteiger partial charge in [0.25, 0.3) is 0 Å². The van der Waals surface area contributed by atoms with Crippen molar-refractivity contribution in [1.82, 2.24) is 0 Å². The SMILES string of the molecule is Cc1cc(C)c(NC2=NC(C)(C)CS2)c(C)c1. The van der Waals surface area contributed by atoms with Gasteiger partial charge in [-0.25, -0.2) is 0 Å². The Balaban J connectivity index is 2.26. The van der Waals surface area contributed by atoms with E-state index in [-0.39, 0.29) is 5.54 Å². The minimum atomic E-state index is 0.0690. The molecule has 1 heterocycles. The summed E-state index contributed by atoms with van der Waals surface area (Å²) in [7, 11) is 0. The summed E-state index contributed by atoms with van der Waals surface area (Å²) in [5.41, 5.74) is 5.16. The fourth-order valence-electron chi connectivity index (χ4n) is 2.13. The molecule has 0 spiro atoms. The second kappa shape index (κ2) is 4.37. The van der Waals surface area contributed by atoms with Gasteiger partial charge >= 0.3 is 0 Å². The summed E-state index contributed by atoms with van der Waals surface area (Å²) in [6.45, 7) is 10.8. The van der Waals surface area contributed by atoms with Gasteiger partial charge in [-0.1, -0.05) is 29.5 Å². The number of benzene rings is 1. The summed E-state index contributed by atoms with van der Waals surface area (Å²) >= 11 is 1.80. The lowest BCUT2D eigenvalue weighted by molar-refractivity contribution is 0.605. The smallest absolute Gasteiger partial charge is 0.161 e. The van der Waals surface area contributed by atoms with Gasteiger partial charge in [0.1, 0.15) is 0 Å².